The lowest BCUT2D eigenvalue weighted by atomic mass is 10.2. The highest BCUT2D eigenvalue weighted by Crippen LogP contribution is 2.18. The second-order valence-corrected chi connectivity index (χ2v) is 4.57. The van der Waals surface area contributed by atoms with Gasteiger partial charge < -0.3 is 10.1 Å². The van der Waals surface area contributed by atoms with Crippen molar-refractivity contribution in [2.24, 2.45) is 0 Å². The van der Waals surface area contributed by atoms with E-state index < -0.39 is 0 Å². The third kappa shape index (κ3) is 2.59. The van der Waals surface area contributed by atoms with Crippen molar-refractivity contribution in [3.63, 3.8) is 0 Å². The summed E-state index contributed by atoms with van der Waals surface area (Å²) in [4.78, 5) is 15.9. The van der Waals surface area contributed by atoms with E-state index in [0.717, 1.165) is 23.0 Å². The van der Waals surface area contributed by atoms with Crippen molar-refractivity contribution >= 4 is 27.5 Å². The standard InChI is InChI=1S/C11H13BrN2O2/c1-7-5-8(6-13-10(7)12)14-11(15)9-3-2-4-16-9/h5-6,9H,2-4H2,1H3,(H,14,15). The molecule has 1 atom stereocenters. The summed E-state index contributed by atoms with van der Waals surface area (Å²) in [5.41, 5.74) is 1.70. The molecule has 0 aliphatic carbocycles. The molecule has 2 rings (SSSR count). The first-order valence-electron chi connectivity index (χ1n) is 5.21. The number of carbonyl (C=O) groups is 1. The number of anilines is 1. The second-order valence-electron chi connectivity index (χ2n) is 3.82. The van der Waals surface area contributed by atoms with Gasteiger partial charge in [-0.3, -0.25) is 4.79 Å². The van der Waals surface area contributed by atoms with E-state index in [4.69, 9.17) is 4.74 Å². The average Bonchev–Trinajstić information content (AvgIpc) is 2.77. The molecule has 1 amide bonds. The normalized spacial score (nSPS) is 19.8. The molecule has 16 heavy (non-hydrogen) atoms. The largest absolute Gasteiger partial charge is 0.368 e. The van der Waals surface area contributed by atoms with Crippen LogP contribution in [0.5, 0.6) is 0 Å². The van der Waals surface area contributed by atoms with Crippen LogP contribution in [0.4, 0.5) is 5.69 Å². The molecule has 1 aromatic rings. The van der Waals surface area contributed by atoms with Gasteiger partial charge in [-0.25, -0.2) is 4.98 Å². The smallest absolute Gasteiger partial charge is 0.253 e. The zero-order valence-electron chi connectivity index (χ0n) is 9.00. The van der Waals surface area contributed by atoms with E-state index in [0.29, 0.717) is 12.3 Å². The van der Waals surface area contributed by atoms with Gasteiger partial charge in [-0.05, 0) is 47.3 Å². The summed E-state index contributed by atoms with van der Waals surface area (Å²) in [7, 11) is 0. The monoisotopic (exact) mass is 284 g/mol. The predicted octanol–water partition coefficient (Wildman–Crippen LogP) is 2.27. The molecule has 86 valence electrons. The Balaban J connectivity index is 2.02. The molecule has 1 saturated heterocycles. The first-order chi connectivity index (χ1) is 7.66. The molecular formula is C11H13BrN2O2. The summed E-state index contributed by atoms with van der Waals surface area (Å²) in [5, 5.41) is 2.80. The van der Waals surface area contributed by atoms with Gasteiger partial charge in [0.05, 0.1) is 11.9 Å². The van der Waals surface area contributed by atoms with Crippen LogP contribution in [-0.2, 0) is 9.53 Å². The quantitative estimate of drug-likeness (QED) is 0.848. The van der Waals surface area contributed by atoms with E-state index in [1.165, 1.54) is 0 Å². The van der Waals surface area contributed by atoms with Crippen molar-refractivity contribution in [3.05, 3.63) is 22.4 Å². The number of pyridine rings is 1. The fourth-order valence-corrected chi connectivity index (χ4v) is 1.85. The Bertz CT molecular complexity index is 403. The number of ether oxygens (including phenoxy) is 1. The maximum absolute atomic E-state index is 11.7. The molecule has 1 aliphatic heterocycles. The summed E-state index contributed by atoms with van der Waals surface area (Å²) in [6.45, 7) is 2.61. The number of rotatable bonds is 2. The van der Waals surface area contributed by atoms with E-state index >= 15 is 0 Å². The van der Waals surface area contributed by atoms with Gasteiger partial charge in [0, 0.05) is 6.61 Å². The number of aryl methyl sites for hydroxylation is 1. The van der Waals surface area contributed by atoms with Crippen LogP contribution in [0.15, 0.2) is 16.9 Å². The van der Waals surface area contributed by atoms with Crippen molar-refractivity contribution in [1.82, 2.24) is 4.98 Å². The molecule has 0 spiro atoms. The number of carbonyl (C=O) groups excluding carboxylic acids is 1. The maximum Gasteiger partial charge on any atom is 0.253 e. The third-order valence-electron chi connectivity index (χ3n) is 2.50. The van der Waals surface area contributed by atoms with Crippen molar-refractivity contribution in [3.8, 4) is 0 Å². The molecule has 1 aromatic heterocycles. The summed E-state index contributed by atoms with van der Waals surface area (Å²) < 4.78 is 6.09. The molecule has 1 aliphatic rings. The molecule has 4 nitrogen and oxygen atoms in total. The lowest BCUT2D eigenvalue weighted by molar-refractivity contribution is -0.124. The second kappa shape index (κ2) is 4.93. The van der Waals surface area contributed by atoms with Crippen molar-refractivity contribution in [1.29, 1.82) is 0 Å². The Morgan fingerprint density at radius 2 is 2.50 bits per heavy atom. The zero-order chi connectivity index (χ0) is 11.5. The van der Waals surface area contributed by atoms with E-state index in [2.05, 4.69) is 26.2 Å². The van der Waals surface area contributed by atoms with Gasteiger partial charge in [0.15, 0.2) is 0 Å². The van der Waals surface area contributed by atoms with Gasteiger partial charge >= 0.3 is 0 Å². The Morgan fingerprint density at radius 1 is 1.69 bits per heavy atom. The summed E-state index contributed by atoms with van der Waals surface area (Å²) >= 11 is 3.31. The summed E-state index contributed by atoms with van der Waals surface area (Å²) in [5.74, 6) is -0.0824. The Labute approximate surface area is 103 Å². The number of amides is 1. The van der Waals surface area contributed by atoms with Crippen LogP contribution in [-0.4, -0.2) is 23.6 Å². The number of nitrogens with one attached hydrogen (secondary N) is 1. The first-order valence-corrected chi connectivity index (χ1v) is 6.01. The minimum Gasteiger partial charge on any atom is -0.368 e. The van der Waals surface area contributed by atoms with Crippen LogP contribution in [0.25, 0.3) is 0 Å². The molecule has 0 aromatic carbocycles. The predicted molar refractivity (Wildman–Crippen MR) is 64.3 cm³/mol. The van der Waals surface area contributed by atoms with Crippen LogP contribution in [0.2, 0.25) is 0 Å². The zero-order valence-corrected chi connectivity index (χ0v) is 10.6. The number of hydrogen-bond donors (Lipinski definition) is 1. The molecule has 1 fully saturated rings. The van der Waals surface area contributed by atoms with E-state index in [-0.39, 0.29) is 12.0 Å². The third-order valence-corrected chi connectivity index (χ3v) is 3.33. The first kappa shape index (κ1) is 11.5. The SMILES string of the molecule is Cc1cc(NC(=O)C2CCCO2)cnc1Br. The van der Waals surface area contributed by atoms with E-state index in [1.54, 1.807) is 6.20 Å². The molecular weight excluding hydrogens is 272 g/mol. The van der Waals surface area contributed by atoms with Gasteiger partial charge in [-0.15, -0.1) is 0 Å². The van der Waals surface area contributed by atoms with E-state index in [9.17, 15) is 4.79 Å². The number of hydrogen-bond acceptors (Lipinski definition) is 3. The van der Waals surface area contributed by atoms with Gasteiger partial charge in [-0.1, -0.05) is 0 Å². The molecule has 0 radical (unpaired) electrons. The molecule has 2 heterocycles. The Morgan fingerprint density at radius 3 is 3.12 bits per heavy atom. The van der Waals surface area contributed by atoms with Crippen LogP contribution in [0, 0.1) is 6.92 Å². The van der Waals surface area contributed by atoms with Crippen LogP contribution in [0.3, 0.4) is 0 Å². The van der Waals surface area contributed by atoms with Crippen LogP contribution >= 0.6 is 15.9 Å². The molecule has 1 N–H and O–H groups in total. The van der Waals surface area contributed by atoms with Gasteiger partial charge in [0.1, 0.15) is 10.7 Å². The fraction of sp³-hybridized carbons (Fsp3) is 0.455. The topological polar surface area (TPSA) is 51.2 Å². The molecule has 0 saturated carbocycles. The lowest BCUT2D eigenvalue weighted by Gasteiger charge is -2.10. The minimum absolute atomic E-state index is 0.0824. The Kier molecular flexibility index (Phi) is 3.56. The molecule has 1 unspecified atom stereocenters. The minimum atomic E-state index is -0.302. The van der Waals surface area contributed by atoms with Crippen LogP contribution in [0.1, 0.15) is 18.4 Å². The van der Waals surface area contributed by atoms with Gasteiger partial charge in [0.2, 0.25) is 0 Å². The fourth-order valence-electron chi connectivity index (χ4n) is 1.63. The molecule has 5 heteroatoms. The average molecular weight is 285 g/mol. The number of nitrogens with zero attached hydrogens (tertiary/aromatic N) is 1. The van der Waals surface area contributed by atoms with Crippen molar-refractivity contribution in [2.75, 3.05) is 11.9 Å². The van der Waals surface area contributed by atoms with Gasteiger partial charge in [0.25, 0.3) is 5.91 Å². The number of halogens is 1. The number of aromatic nitrogens is 1. The molecule has 0 bridgehead atoms. The lowest BCUT2D eigenvalue weighted by Crippen LogP contribution is -2.26. The Hall–Kier alpha value is -0.940. The summed E-state index contributed by atoms with van der Waals surface area (Å²) in [6.07, 6.45) is 3.08. The van der Waals surface area contributed by atoms with Crippen molar-refractivity contribution in [2.45, 2.75) is 25.9 Å². The highest BCUT2D eigenvalue weighted by Gasteiger charge is 2.23. The van der Waals surface area contributed by atoms with Crippen LogP contribution < -0.4 is 5.32 Å². The van der Waals surface area contributed by atoms with Crippen molar-refractivity contribution < 1.29 is 9.53 Å². The highest BCUT2D eigenvalue weighted by molar-refractivity contribution is 9.10. The van der Waals surface area contributed by atoms with E-state index in [1.807, 2.05) is 13.0 Å². The summed E-state index contributed by atoms with van der Waals surface area (Å²) in [6, 6.07) is 1.88. The van der Waals surface area contributed by atoms with Gasteiger partial charge in [-0.2, -0.15) is 0 Å². The maximum atomic E-state index is 11.7. The highest BCUT2D eigenvalue weighted by atomic mass is 79.9.